The molecule has 0 radical (unpaired) electrons. The Labute approximate surface area is 132 Å². The molecule has 0 saturated heterocycles. The molecule has 0 atom stereocenters. The fourth-order valence-electron chi connectivity index (χ4n) is 2.58. The van der Waals surface area contributed by atoms with E-state index in [1.54, 1.807) is 0 Å². The summed E-state index contributed by atoms with van der Waals surface area (Å²) in [6.07, 6.45) is 2.24. The summed E-state index contributed by atoms with van der Waals surface area (Å²) in [5.74, 6) is 0.313. The van der Waals surface area contributed by atoms with Crippen LogP contribution in [0.15, 0.2) is 17.0 Å². The molecule has 116 valence electrons. The molecule has 21 heavy (non-hydrogen) atoms. The van der Waals surface area contributed by atoms with Crippen molar-refractivity contribution in [1.29, 1.82) is 0 Å². The van der Waals surface area contributed by atoms with Crippen LogP contribution in [-0.4, -0.2) is 41.4 Å². The monoisotopic (exact) mass is 368 g/mol. The predicted octanol–water partition coefficient (Wildman–Crippen LogP) is 1.89. The zero-order valence-corrected chi connectivity index (χ0v) is 14.5. The minimum Gasteiger partial charge on any atom is -0.298 e. The highest BCUT2D eigenvalue weighted by Crippen LogP contribution is 2.50. The van der Waals surface area contributed by atoms with Crippen LogP contribution in [0.1, 0.15) is 22.3 Å². The van der Waals surface area contributed by atoms with E-state index in [1.807, 2.05) is 0 Å². The number of fused-ring (bicyclic) bond motifs is 1. The van der Waals surface area contributed by atoms with Gasteiger partial charge in [0.1, 0.15) is 6.29 Å². The SMILES string of the molecule is CS(=O)(=O)C1(S(C)(=O)=O)CCSc2c(Cl)cc(C=O)cc21. The molecule has 0 spiro atoms. The summed E-state index contributed by atoms with van der Waals surface area (Å²) in [5, 5.41) is 0.191. The predicted molar refractivity (Wildman–Crippen MR) is 83.5 cm³/mol. The van der Waals surface area contributed by atoms with E-state index in [-0.39, 0.29) is 22.6 Å². The van der Waals surface area contributed by atoms with E-state index in [0.29, 0.717) is 16.9 Å². The van der Waals surface area contributed by atoms with Crippen LogP contribution in [0.3, 0.4) is 0 Å². The van der Waals surface area contributed by atoms with Gasteiger partial charge >= 0.3 is 0 Å². The summed E-state index contributed by atoms with van der Waals surface area (Å²) < 4.78 is 47.2. The first kappa shape index (κ1) is 16.8. The quantitative estimate of drug-likeness (QED) is 0.757. The second kappa shape index (κ2) is 5.26. The summed E-state index contributed by atoms with van der Waals surface area (Å²) in [5.41, 5.74) is 0.233. The average Bonchev–Trinajstić information content (AvgIpc) is 2.35. The Hall–Kier alpha value is -0.570. The molecule has 1 aromatic rings. The maximum atomic E-state index is 12.3. The van der Waals surface area contributed by atoms with Crippen molar-refractivity contribution in [2.75, 3.05) is 18.3 Å². The Morgan fingerprint density at radius 1 is 1.19 bits per heavy atom. The van der Waals surface area contributed by atoms with Crippen LogP contribution in [0.4, 0.5) is 0 Å². The number of aldehydes is 1. The van der Waals surface area contributed by atoms with Crippen LogP contribution in [0.25, 0.3) is 0 Å². The Kier molecular flexibility index (Phi) is 4.20. The molecule has 1 aliphatic rings. The Bertz CT molecular complexity index is 780. The molecule has 9 heteroatoms. The second-order valence-corrected chi connectivity index (χ2v) is 11.1. The van der Waals surface area contributed by atoms with E-state index in [0.717, 1.165) is 12.5 Å². The number of hydrogen-bond acceptors (Lipinski definition) is 6. The van der Waals surface area contributed by atoms with Gasteiger partial charge in [-0.25, -0.2) is 16.8 Å². The third-order valence-corrected chi connectivity index (χ3v) is 10.1. The minimum absolute atomic E-state index is 0.0685. The number of rotatable bonds is 3. The van der Waals surface area contributed by atoms with Gasteiger partial charge in [-0.05, 0) is 18.6 Å². The Morgan fingerprint density at radius 3 is 2.24 bits per heavy atom. The summed E-state index contributed by atoms with van der Waals surface area (Å²) >= 11 is 7.38. The Balaban J connectivity index is 2.99. The number of sulfone groups is 2. The van der Waals surface area contributed by atoms with E-state index in [2.05, 4.69) is 0 Å². The molecule has 1 aliphatic heterocycles. The van der Waals surface area contributed by atoms with Crippen LogP contribution in [0.2, 0.25) is 5.02 Å². The van der Waals surface area contributed by atoms with Crippen LogP contribution >= 0.6 is 23.4 Å². The first-order valence-corrected chi connectivity index (χ1v) is 11.0. The first-order chi connectivity index (χ1) is 9.54. The fraction of sp³-hybridized carbons (Fsp3) is 0.417. The van der Waals surface area contributed by atoms with Gasteiger partial charge < -0.3 is 0 Å². The molecule has 0 aliphatic carbocycles. The molecule has 5 nitrogen and oxygen atoms in total. The maximum absolute atomic E-state index is 12.3. The largest absolute Gasteiger partial charge is 0.298 e. The van der Waals surface area contributed by atoms with Gasteiger partial charge in [-0.2, -0.15) is 0 Å². The molecular formula is C12H13ClO5S3. The molecule has 0 amide bonds. The molecule has 0 saturated carbocycles. The lowest BCUT2D eigenvalue weighted by Gasteiger charge is -2.35. The highest BCUT2D eigenvalue weighted by Gasteiger charge is 2.54. The van der Waals surface area contributed by atoms with Crippen molar-refractivity contribution >= 4 is 49.3 Å². The smallest absolute Gasteiger partial charge is 0.199 e. The van der Waals surface area contributed by atoms with Gasteiger partial charge in [-0.15, -0.1) is 11.8 Å². The number of thioether (sulfide) groups is 1. The lowest BCUT2D eigenvalue weighted by Crippen LogP contribution is -2.45. The van der Waals surface area contributed by atoms with Crippen molar-refractivity contribution < 1.29 is 21.6 Å². The van der Waals surface area contributed by atoms with Gasteiger partial charge in [-0.3, -0.25) is 4.79 Å². The summed E-state index contributed by atoms with van der Waals surface area (Å²) in [7, 11) is -7.95. The van der Waals surface area contributed by atoms with Crippen molar-refractivity contribution in [3.8, 4) is 0 Å². The zero-order chi connectivity index (χ0) is 16.1. The van der Waals surface area contributed by atoms with E-state index in [9.17, 15) is 21.6 Å². The number of hydrogen-bond donors (Lipinski definition) is 0. The Morgan fingerprint density at radius 2 is 1.76 bits per heavy atom. The van der Waals surface area contributed by atoms with E-state index in [1.165, 1.54) is 23.9 Å². The van der Waals surface area contributed by atoms with Crippen molar-refractivity contribution in [3.63, 3.8) is 0 Å². The van der Waals surface area contributed by atoms with Crippen molar-refractivity contribution in [2.45, 2.75) is 15.4 Å². The normalized spacial score (nSPS) is 18.0. The van der Waals surface area contributed by atoms with Gasteiger partial charge in [0, 0.05) is 34.3 Å². The van der Waals surface area contributed by atoms with Crippen LogP contribution in [0, 0.1) is 0 Å². The fourth-order valence-corrected chi connectivity index (χ4v) is 8.82. The van der Waals surface area contributed by atoms with Crippen molar-refractivity contribution in [1.82, 2.24) is 0 Å². The highest BCUT2D eigenvalue weighted by atomic mass is 35.5. The molecule has 1 heterocycles. The van der Waals surface area contributed by atoms with Crippen LogP contribution in [-0.2, 0) is 23.8 Å². The summed E-state index contributed by atoms with van der Waals surface area (Å²) in [4.78, 5) is 11.4. The number of benzene rings is 1. The number of halogens is 1. The number of carbonyl (C=O) groups is 1. The highest BCUT2D eigenvalue weighted by molar-refractivity contribution is 8.09. The minimum atomic E-state index is -3.98. The molecule has 0 bridgehead atoms. The lowest BCUT2D eigenvalue weighted by atomic mass is 10.1. The van der Waals surface area contributed by atoms with Crippen molar-refractivity contribution in [2.24, 2.45) is 0 Å². The van der Waals surface area contributed by atoms with E-state index < -0.39 is 23.8 Å². The molecule has 0 aromatic heterocycles. The second-order valence-electron chi connectivity index (χ2n) is 4.89. The average molecular weight is 369 g/mol. The zero-order valence-electron chi connectivity index (χ0n) is 11.3. The number of carbonyl (C=O) groups excluding carboxylic acids is 1. The van der Waals surface area contributed by atoms with Gasteiger partial charge in [0.05, 0.1) is 5.02 Å². The maximum Gasteiger partial charge on any atom is 0.199 e. The molecule has 2 rings (SSSR count). The van der Waals surface area contributed by atoms with E-state index >= 15 is 0 Å². The topological polar surface area (TPSA) is 85.3 Å². The standard InChI is InChI=1S/C12H13ClO5S3/c1-20(15,16)12(21(2,17)18)3-4-19-11-9(12)5-8(7-14)6-10(11)13/h5-7H,3-4H2,1-2H3. The van der Waals surface area contributed by atoms with Gasteiger partial charge in [0.25, 0.3) is 0 Å². The van der Waals surface area contributed by atoms with Crippen LogP contribution in [0.5, 0.6) is 0 Å². The van der Waals surface area contributed by atoms with Gasteiger partial charge in [0.2, 0.25) is 0 Å². The van der Waals surface area contributed by atoms with Gasteiger partial charge in [0.15, 0.2) is 23.8 Å². The van der Waals surface area contributed by atoms with Crippen molar-refractivity contribution in [3.05, 3.63) is 28.3 Å². The molecule has 0 N–H and O–H groups in total. The molecule has 0 fully saturated rings. The molecule has 1 aromatic carbocycles. The summed E-state index contributed by atoms with van der Waals surface area (Å²) in [6, 6.07) is 2.71. The third kappa shape index (κ3) is 2.52. The van der Waals surface area contributed by atoms with Crippen LogP contribution < -0.4 is 0 Å². The molecule has 0 unspecified atom stereocenters. The third-order valence-electron chi connectivity index (χ3n) is 3.49. The van der Waals surface area contributed by atoms with E-state index in [4.69, 9.17) is 11.6 Å². The lowest BCUT2D eigenvalue weighted by molar-refractivity contribution is 0.112. The molecular weight excluding hydrogens is 356 g/mol. The van der Waals surface area contributed by atoms with Gasteiger partial charge in [-0.1, -0.05) is 11.6 Å². The first-order valence-electron chi connectivity index (χ1n) is 5.86. The summed E-state index contributed by atoms with van der Waals surface area (Å²) in [6.45, 7) is 0.